The predicted octanol–water partition coefficient (Wildman–Crippen LogP) is 1.94. The average Bonchev–Trinajstić information content (AvgIpc) is 2.31. The molecule has 1 aromatic rings. The molecule has 0 saturated carbocycles. The molecule has 1 saturated heterocycles. The molecule has 1 aliphatic rings. The normalized spacial score (nSPS) is 19.9. The first kappa shape index (κ1) is 13.1. The number of nitrogens with one attached hydrogen (secondary N) is 2. The Labute approximate surface area is 114 Å². The highest BCUT2D eigenvalue weighted by Crippen LogP contribution is 2.23. The van der Waals surface area contributed by atoms with Crippen LogP contribution in [0.3, 0.4) is 0 Å². The van der Waals surface area contributed by atoms with Gasteiger partial charge in [0.1, 0.15) is 6.04 Å². The van der Waals surface area contributed by atoms with Gasteiger partial charge in [-0.1, -0.05) is 29.3 Å². The van der Waals surface area contributed by atoms with Gasteiger partial charge < -0.3 is 0 Å². The van der Waals surface area contributed by atoms with Gasteiger partial charge in [-0.15, -0.1) is 0 Å². The number of hydrogen-bond acceptors (Lipinski definition) is 3. The van der Waals surface area contributed by atoms with Gasteiger partial charge in [-0.05, 0) is 24.6 Å². The maximum atomic E-state index is 11.6. The van der Waals surface area contributed by atoms with Crippen LogP contribution in [0.2, 0.25) is 10.0 Å². The Morgan fingerprint density at radius 3 is 2.67 bits per heavy atom. The molecule has 0 spiro atoms. The van der Waals surface area contributed by atoms with Crippen LogP contribution in [0.4, 0.5) is 4.79 Å². The third-order valence-corrected chi connectivity index (χ3v) is 3.28. The Balaban J connectivity index is 2.11. The van der Waals surface area contributed by atoms with Gasteiger partial charge in [0.15, 0.2) is 0 Å². The molecule has 0 radical (unpaired) electrons. The van der Waals surface area contributed by atoms with Crippen molar-refractivity contribution in [2.24, 2.45) is 0 Å². The molecule has 1 fully saturated rings. The summed E-state index contributed by atoms with van der Waals surface area (Å²) in [5.74, 6) is -0.342. The molecule has 3 amide bonds. The second-order valence-corrected chi connectivity index (χ2v) is 4.79. The minimum Gasteiger partial charge on any atom is -0.275 e. The van der Waals surface area contributed by atoms with Crippen molar-refractivity contribution in [2.75, 3.05) is 0 Å². The summed E-state index contributed by atoms with van der Waals surface area (Å²) >= 11 is 11.7. The van der Waals surface area contributed by atoms with Crippen molar-refractivity contribution in [3.8, 4) is 0 Å². The van der Waals surface area contributed by atoms with E-state index in [9.17, 15) is 9.59 Å². The highest BCUT2D eigenvalue weighted by molar-refractivity contribution is 6.42. The Bertz CT molecular complexity index is 507. The number of nitrogens with zero attached hydrogens (tertiary/aromatic N) is 1. The smallest absolute Gasteiger partial charge is 0.275 e. The topological polar surface area (TPSA) is 61.4 Å². The van der Waals surface area contributed by atoms with Crippen LogP contribution in [0.5, 0.6) is 0 Å². The first-order chi connectivity index (χ1) is 8.47. The molecular formula is C11H11Cl2N3O2. The third kappa shape index (κ3) is 2.75. The van der Waals surface area contributed by atoms with E-state index in [2.05, 4.69) is 10.7 Å². The van der Waals surface area contributed by atoms with Crippen LogP contribution in [-0.4, -0.2) is 23.0 Å². The van der Waals surface area contributed by atoms with E-state index in [1.807, 2.05) is 0 Å². The molecule has 1 unspecified atom stereocenters. The first-order valence-corrected chi connectivity index (χ1v) is 6.05. The number of carbonyl (C=O) groups excluding carboxylic acids is 2. The van der Waals surface area contributed by atoms with Crippen molar-refractivity contribution >= 4 is 35.1 Å². The zero-order chi connectivity index (χ0) is 13.3. The fraction of sp³-hybridized carbons (Fsp3) is 0.273. The van der Waals surface area contributed by atoms with Crippen LogP contribution in [0.25, 0.3) is 0 Å². The molecule has 1 heterocycles. The van der Waals surface area contributed by atoms with Crippen molar-refractivity contribution in [3.63, 3.8) is 0 Å². The number of hydrazine groups is 1. The molecule has 2 rings (SSSR count). The SMILES string of the molecule is CC1NN(Cc2ccc(Cl)c(Cl)c2)C(=O)NC1=O. The summed E-state index contributed by atoms with van der Waals surface area (Å²) < 4.78 is 0. The number of halogens is 2. The number of imide groups is 1. The van der Waals surface area contributed by atoms with E-state index in [4.69, 9.17) is 23.2 Å². The van der Waals surface area contributed by atoms with Gasteiger partial charge in [0.05, 0.1) is 16.6 Å². The summed E-state index contributed by atoms with van der Waals surface area (Å²) in [7, 11) is 0. The summed E-state index contributed by atoms with van der Waals surface area (Å²) in [6.45, 7) is 1.96. The molecule has 2 N–H and O–H groups in total. The second-order valence-electron chi connectivity index (χ2n) is 3.98. The van der Waals surface area contributed by atoms with Gasteiger partial charge in [0, 0.05) is 0 Å². The van der Waals surface area contributed by atoms with Crippen molar-refractivity contribution in [1.82, 2.24) is 15.8 Å². The van der Waals surface area contributed by atoms with Crippen LogP contribution in [0, 0.1) is 0 Å². The molecular weight excluding hydrogens is 277 g/mol. The van der Waals surface area contributed by atoms with Gasteiger partial charge in [-0.3, -0.25) is 15.1 Å². The Kier molecular flexibility index (Phi) is 3.75. The third-order valence-electron chi connectivity index (χ3n) is 2.54. The standard InChI is InChI=1S/C11H11Cl2N3O2/c1-6-10(17)14-11(18)16(15-6)5-7-2-3-8(12)9(13)4-7/h2-4,6,15H,5H2,1H3,(H,14,17,18). The molecule has 0 aromatic heterocycles. The Morgan fingerprint density at radius 1 is 1.28 bits per heavy atom. The summed E-state index contributed by atoms with van der Waals surface area (Å²) in [6.07, 6.45) is 0. The lowest BCUT2D eigenvalue weighted by molar-refractivity contribution is -0.124. The highest BCUT2D eigenvalue weighted by Gasteiger charge is 2.28. The number of amides is 3. The lowest BCUT2D eigenvalue weighted by atomic mass is 10.2. The zero-order valence-corrected chi connectivity index (χ0v) is 11.0. The van der Waals surface area contributed by atoms with E-state index in [1.54, 1.807) is 25.1 Å². The molecule has 1 atom stereocenters. The fourth-order valence-electron chi connectivity index (χ4n) is 1.57. The number of urea groups is 1. The molecule has 0 aliphatic carbocycles. The van der Waals surface area contributed by atoms with E-state index in [1.165, 1.54) is 5.01 Å². The molecule has 5 nitrogen and oxygen atoms in total. The van der Waals surface area contributed by atoms with Crippen LogP contribution in [-0.2, 0) is 11.3 Å². The summed E-state index contributed by atoms with van der Waals surface area (Å²) in [6, 6.07) is 4.18. The molecule has 18 heavy (non-hydrogen) atoms. The van der Waals surface area contributed by atoms with E-state index < -0.39 is 12.1 Å². The summed E-state index contributed by atoms with van der Waals surface area (Å²) in [5, 5.41) is 4.46. The molecule has 0 bridgehead atoms. The Morgan fingerprint density at radius 2 is 2.00 bits per heavy atom. The summed E-state index contributed by atoms with van der Waals surface area (Å²) in [4.78, 5) is 22.8. The molecule has 7 heteroatoms. The van der Waals surface area contributed by atoms with Crippen LogP contribution < -0.4 is 10.7 Å². The van der Waals surface area contributed by atoms with Gasteiger partial charge in [0.2, 0.25) is 5.91 Å². The van der Waals surface area contributed by atoms with Crippen LogP contribution >= 0.6 is 23.2 Å². The maximum absolute atomic E-state index is 11.6. The minimum absolute atomic E-state index is 0.292. The van der Waals surface area contributed by atoms with Gasteiger partial charge >= 0.3 is 6.03 Å². The Hall–Kier alpha value is -1.30. The number of hydrogen-bond donors (Lipinski definition) is 2. The minimum atomic E-state index is -0.482. The van der Waals surface area contributed by atoms with E-state index in [0.717, 1.165) is 5.56 Å². The maximum Gasteiger partial charge on any atom is 0.338 e. The van der Waals surface area contributed by atoms with E-state index in [0.29, 0.717) is 16.6 Å². The predicted molar refractivity (Wildman–Crippen MR) is 68.1 cm³/mol. The molecule has 1 aliphatic heterocycles. The largest absolute Gasteiger partial charge is 0.338 e. The van der Waals surface area contributed by atoms with Crippen LogP contribution in [0.15, 0.2) is 18.2 Å². The number of carbonyl (C=O) groups is 2. The number of benzene rings is 1. The molecule has 96 valence electrons. The van der Waals surface area contributed by atoms with E-state index >= 15 is 0 Å². The quantitative estimate of drug-likeness (QED) is 0.874. The van der Waals surface area contributed by atoms with Gasteiger partial charge in [-0.25, -0.2) is 10.2 Å². The average molecular weight is 288 g/mol. The van der Waals surface area contributed by atoms with Crippen molar-refractivity contribution < 1.29 is 9.59 Å². The van der Waals surface area contributed by atoms with E-state index in [-0.39, 0.29) is 5.91 Å². The number of rotatable bonds is 2. The van der Waals surface area contributed by atoms with Crippen molar-refractivity contribution in [3.05, 3.63) is 33.8 Å². The van der Waals surface area contributed by atoms with Crippen molar-refractivity contribution in [1.29, 1.82) is 0 Å². The summed E-state index contributed by atoms with van der Waals surface area (Å²) in [5.41, 5.74) is 3.61. The highest BCUT2D eigenvalue weighted by atomic mass is 35.5. The fourth-order valence-corrected chi connectivity index (χ4v) is 1.89. The van der Waals surface area contributed by atoms with Crippen LogP contribution in [0.1, 0.15) is 12.5 Å². The lowest BCUT2D eigenvalue weighted by Gasteiger charge is -2.31. The van der Waals surface area contributed by atoms with Crippen molar-refractivity contribution in [2.45, 2.75) is 19.5 Å². The monoisotopic (exact) mass is 287 g/mol. The lowest BCUT2D eigenvalue weighted by Crippen LogP contribution is -2.62. The zero-order valence-electron chi connectivity index (χ0n) is 9.54. The first-order valence-electron chi connectivity index (χ1n) is 5.30. The van der Waals surface area contributed by atoms with Gasteiger partial charge in [-0.2, -0.15) is 0 Å². The molecule has 1 aromatic carbocycles. The van der Waals surface area contributed by atoms with Gasteiger partial charge in [0.25, 0.3) is 0 Å². The second kappa shape index (κ2) is 5.14.